The van der Waals surface area contributed by atoms with Gasteiger partial charge in [0.25, 0.3) is 0 Å². The van der Waals surface area contributed by atoms with E-state index in [4.69, 9.17) is 5.73 Å². The molecule has 0 aliphatic heterocycles. The molecule has 0 fully saturated rings. The summed E-state index contributed by atoms with van der Waals surface area (Å²) in [4.78, 5) is 26.5. The van der Waals surface area contributed by atoms with E-state index in [1.165, 1.54) is 0 Å². The second-order valence-electron chi connectivity index (χ2n) is 5.76. The van der Waals surface area contributed by atoms with E-state index < -0.39 is 0 Å². The van der Waals surface area contributed by atoms with E-state index in [-0.39, 0.29) is 17.2 Å². The van der Waals surface area contributed by atoms with Gasteiger partial charge in [0.2, 0.25) is 11.8 Å². The average molecular weight is 257 g/mol. The molecule has 0 aromatic carbocycles. The number of amides is 2. The Morgan fingerprint density at radius 1 is 1.06 bits per heavy atom. The summed E-state index contributed by atoms with van der Waals surface area (Å²) in [6, 6.07) is 0. The number of hydrogen-bond acceptors (Lipinski definition) is 3. The molecule has 0 rings (SSSR count). The molecule has 0 aliphatic carbocycles. The summed E-state index contributed by atoms with van der Waals surface area (Å²) in [5, 5.41) is 0. The molecule has 5 nitrogen and oxygen atoms in total. The van der Waals surface area contributed by atoms with Gasteiger partial charge in [0.1, 0.15) is 0 Å². The number of hydrogen-bond donors (Lipinski definition) is 1. The summed E-state index contributed by atoms with van der Waals surface area (Å²) in [5.41, 5.74) is 5.57. The van der Waals surface area contributed by atoms with E-state index in [1.54, 1.807) is 30.9 Å². The van der Waals surface area contributed by atoms with Crippen LogP contribution in [0.1, 0.15) is 33.1 Å². The Balaban J connectivity index is 3.99. The van der Waals surface area contributed by atoms with Crippen molar-refractivity contribution in [1.82, 2.24) is 9.80 Å². The lowest BCUT2D eigenvalue weighted by atomic mass is 9.93. The number of nitrogens with two attached hydrogens (primary N) is 1. The zero-order chi connectivity index (χ0) is 14.3. The van der Waals surface area contributed by atoms with Crippen LogP contribution < -0.4 is 5.73 Å². The largest absolute Gasteiger partial charge is 0.349 e. The van der Waals surface area contributed by atoms with Crippen LogP contribution in [0.4, 0.5) is 0 Å². The molecule has 0 heterocycles. The maximum absolute atomic E-state index is 11.8. The van der Waals surface area contributed by atoms with Crippen molar-refractivity contribution in [2.75, 3.05) is 34.2 Å². The molecular weight excluding hydrogens is 230 g/mol. The van der Waals surface area contributed by atoms with Gasteiger partial charge in [-0.05, 0) is 18.4 Å². The molecule has 0 spiro atoms. The van der Waals surface area contributed by atoms with Crippen molar-refractivity contribution in [3.63, 3.8) is 0 Å². The molecule has 0 saturated carbocycles. The quantitative estimate of drug-likeness (QED) is 0.729. The zero-order valence-electron chi connectivity index (χ0n) is 12.3. The van der Waals surface area contributed by atoms with Crippen LogP contribution in [0, 0.1) is 5.41 Å². The topological polar surface area (TPSA) is 66.6 Å². The SMILES string of the molecule is CN(C)C(=O)CCCC(=O)N(C)CC(C)(C)CN. The predicted octanol–water partition coefficient (Wildman–Crippen LogP) is 0.688. The van der Waals surface area contributed by atoms with E-state index >= 15 is 0 Å². The fourth-order valence-electron chi connectivity index (χ4n) is 1.60. The highest BCUT2D eigenvalue weighted by Crippen LogP contribution is 2.14. The van der Waals surface area contributed by atoms with Gasteiger partial charge >= 0.3 is 0 Å². The fourth-order valence-corrected chi connectivity index (χ4v) is 1.60. The highest BCUT2D eigenvalue weighted by molar-refractivity contribution is 5.78. The Kier molecular flexibility index (Phi) is 6.91. The Morgan fingerprint density at radius 3 is 2.00 bits per heavy atom. The van der Waals surface area contributed by atoms with Gasteiger partial charge < -0.3 is 15.5 Å². The highest BCUT2D eigenvalue weighted by atomic mass is 16.2. The Morgan fingerprint density at radius 2 is 1.56 bits per heavy atom. The van der Waals surface area contributed by atoms with Crippen LogP contribution in [-0.2, 0) is 9.59 Å². The van der Waals surface area contributed by atoms with Crippen molar-refractivity contribution in [1.29, 1.82) is 0 Å². The predicted molar refractivity (Wildman–Crippen MR) is 73.0 cm³/mol. The molecule has 0 unspecified atom stereocenters. The standard InChI is InChI=1S/C13H27N3O2/c1-13(2,9-14)10-16(5)12(18)8-6-7-11(17)15(3)4/h6-10,14H2,1-5H3. The summed E-state index contributed by atoms with van der Waals surface area (Å²) in [6.07, 6.45) is 1.44. The summed E-state index contributed by atoms with van der Waals surface area (Å²) < 4.78 is 0. The molecule has 18 heavy (non-hydrogen) atoms. The lowest BCUT2D eigenvalue weighted by Gasteiger charge is -2.29. The Labute approximate surface area is 110 Å². The maximum Gasteiger partial charge on any atom is 0.222 e. The molecule has 2 amide bonds. The van der Waals surface area contributed by atoms with E-state index in [0.29, 0.717) is 32.4 Å². The summed E-state index contributed by atoms with van der Waals surface area (Å²) in [6.45, 7) is 5.26. The third-order valence-corrected chi connectivity index (χ3v) is 2.92. The van der Waals surface area contributed by atoms with Crippen molar-refractivity contribution in [2.24, 2.45) is 11.1 Å². The first kappa shape index (κ1) is 16.9. The van der Waals surface area contributed by atoms with Crippen molar-refractivity contribution in [3.05, 3.63) is 0 Å². The van der Waals surface area contributed by atoms with Gasteiger partial charge in [0.05, 0.1) is 0 Å². The lowest BCUT2D eigenvalue weighted by Crippen LogP contribution is -2.39. The summed E-state index contributed by atoms with van der Waals surface area (Å²) >= 11 is 0. The third-order valence-electron chi connectivity index (χ3n) is 2.92. The highest BCUT2D eigenvalue weighted by Gasteiger charge is 2.20. The van der Waals surface area contributed by atoms with Gasteiger partial charge in [-0.25, -0.2) is 0 Å². The first-order chi connectivity index (χ1) is 8.19. The van der Waals surface area contributed by atoms with Crippen LogP contribution in [0.3, 0.4) is 0 Å². The van der Waals surface area contributed by atoms with Gasteiger partial charge in [-0.15, -0.1) is 0 Å². The van der Waals surface area contributed by atoms with Crippen molar-refractivity contribution >= 4 is 11.8 Å². The van der Waals surface area contributed by atoms with E-state index in [9.17, 15) is 9.59 Å². The molecule has 0 atom stereocenters. The second kappa shape index (κ2) is 7.36. The van der Waals surface area contributed by atoms with Gasteiger partial charge in [-0.3, -0.25) is 9.59 Å². The summed E-state index contributed by atoms with van der Waals surface area (Å²) in [5.74, 6) is 0.135. The molecule has 0 radical (unpaired) electrons. The van der Waals surface area contributed by atoms with Crippen molar-refractivity contribution in [2.45, 2.75) is 33.1 Å². The Bertz CT molecular complexity index is 288. The maximum atomic E-state index is 11.8. The number of carbonyl (C=O) groups excluding carboxylic acids is 2. The Hall–Kier alpha value is -1.10. The van der Waals surface area contributed by atoms with E-state index in [1.807, 2.05) is 13.8 Å². The summed E-state index contributed by atoms with van der Waals surface area (Å²) in [7, 11) is 5.23. The number of carbonyl (C=O) groups is 2. The average Bonchev–Trinajstić information content (AvgIpc) is 2.27. The molecule has 2 N–H and O–H groups in total. The third kappa shape index (κ3) is 6.59. The normalized spacial score (nSPS) is 11.2. The minimum atomic E-state index is -0.0656. The monoisotopic (exact) mass is 257 g/mol. The lowest BCUT2D eigenvalue weighted by molar-refractivity contribution is -0.131. The van der Waals surface area contributed by atoms with Crippen molar-refractivity contribution in [3.8, 4) is 0 Å². The van der Waals surface area contributed by atoms with Crippen LogP contribution in [0.5, 0.6) is 0 Å². The minimum Gasteiger partial charge on any atom is -0.349 e. The van der Waals surface area contributed by atoms with Crippen LogP contribution in [0.2, 0.25) is 0 Å². The molecule has 0 bridgehead atoms. The van der Waals surface area contributed by atoms with Crippen LogP contribution in [0.15, 0.2) is 0 Å². The molecule has 0 aliphatic rings. The molecule has 0 saturated heterocycles. The molecule has 106 valence electrons. The first-order valence-electron chi connectivity index (χ1n) is 6.34. The molecular formula is C13H27N3O2. The van der Waals surface area contributed by atoms with Crippen LogP contribution in [0.25, 0.3) is 0 Å². The minimum absolute atomic E-state index is 0.0627. The van der Waals surface area contributed by atoms with Gasteiger partial charge in [-0.1, -0.05) is 13.8 Å². The van der Waals surface area contributed by atoms with Gasteiger partial charge in [0, 0.05) is 40.5 Å². The molecule has 5 heteroatoms. The van der Waals surface area contributed by atoms with E-state index in [2.05, 4.69) is 0 Å². The fraction of sp³-hybridized carbons (Fsp3) is 0.846. The van der Waals surface area contributed by atoms with Crippen molar-refractivity contribution < 1.29 is 9.59 Å². The smallest absolute Gasteiger partial charge is 0.222 e. The first-order valence-corrected chi connectivity index (χ1v) is 6.34. The van der Waals surface area contributed by atoms with E-state index in [0.717, 1.165) is 0 Å². The van der Waals surface area contributed by atoms with Gasteiger partial charge in [0.15, 0.2) is 0 Å². The molecule has 0 aromatic heterocycles. The number of rotatable bonds is 7. The van der Waals surface area contributed by atoms with Crippen LogP contribution >= 0.6 is 0 Å². The zero-order valence-corrected chi connectivity index (χ0v) is 12.3. The molecule has 0 aromatic rings. The van der Waals surface area contributed by atoms with Crippen LogP contribution in [-0.4, -0.2) is 55.8 Å². The number of nitrogens with zero attached hydrogens (tertiary/aromatic N) is 2. The van der Waals surface area contributed by atoms with Gasteiger partial charge in [-0.2, -0.15) is 0 Å². The second-order valence-corrected chi connectivity index (χ2v) is 5.76.